The Labute approximate surface area is 90.2 Å². The summed E-state index contributed by atoms with van der Waals surface area (Å²) in [7, 11) is 0. The Morgan fingerprint density at radius 3 is 2.33 bits per heavy atom. The van der Waals surface area contributed by atoms with E-state index in [1.807, 2.05) is 20.8 Å². The zero-order valence-corrected chi connectivity index (χ0v) is 9.58. The summed E-state index contributed by atoms with van der Waals surface area (Å²) in [5.74, 6) is 0. The van der Waals surface area contributed by atoms with Gasteiger partial charge >= 0.3 is 6.09 Å². The second kappa shape index (κ2) is 3.11. The van der Waals surface area contributed by atoms with Gasteiger partial charge in [-0.15, -0.1) is 0 Å². The maximum absolute atomic E-state index is 11.8. The minimum atomic E-state index is -0.477. The van der Waals surface area contributed by atoms with Gasteiger partial charge in [-0.1, -0.05) is 0 Å². The number of hydrogen-bond donors (Lipinski definition) is 0. The summed E-state index contributed by atoms with van der Waals surface area (Å²) in [6.45, 7) is 6.30. The first kappa shape index (κ1) is 10.7. The zero-order valence-electron chi connectivity index (χ0n) is 9.58. The average Bonchev–Trinajstić information content (AvgIpc) is 1.91. The van der Waals surface area contributed by atoms with Crippen molar-refractivity contribution >= 4 is 6.09 Å². The molecule has 1 radical (unpaired) electrons. The van der Waals surface area contributed by atoms with Gasteiger partial charge in [-0.3, -0.25) is 0 Å². The Morgan fingerprint density at radius 2 is 2.00 bits per heavy atom. The number of nitrogens with zero attached hydrogens (tertiary/aromatic N) is 1. The van der Waals surface area contributed by atoms with E-state index in [-0.39, 0.29) is 11.6 Å². The first-order chi connectivity index (χ1) is 6.82. The van der Waals surface area contributed by atoms with E-state index < -0.39 is 11.7 Å². The summed E-state index contributed by atoms with van der Waals surface area (Å²) in [5.41, 5.74) is -0.580. The fraction of sp³-hybridized carbons (Fsp3) is 0.909. The Hall–Kier alpha value is -0.770. The van der Waals surface area contributed by atoms with Crippen molar-refractivity contribution in [3.8, 4) is 0 Å². The van der Waals surface area contributed by atoms with Gasteiger partial charge < -0.3 is 9.64 Å². The molecule has 0 aromatic rings. The number of hydrogen-bond acceptors (Lipinski definition) is 2. The highest BCUT2D eigenvalue weighted by Gasteiger charge is 2.57. The molecule has 1 heterocycles. The fourth-order valence-electron chi connectivity index (χ4n) is 2.35. The molecular weight excluding hydrogens is 194 g/mol. The van der Waals surface area contributed by atoms with Crippen LogP contribution in [0, 0.1) is 0 Å². The molecule has 2 aliphatic rings. The molecular formula is C11H18NO3. The number of ether oxygens (including phenoxy) is 1. The van der Waals surface area contributed by atoms with Crippen molar-refractivity contribution in [1.82, 2.24) is 4.90 Å². The van der Waals surface area contributed by atoms with Crippen LogP contribution >= 0.6 is 0 Å². The molecule has 15 heavy (non-hydrogen) atoms. The Bertz CT molecular complexity index is 276. The molecule has 0 atom stereocenters. The van der Waals surface area contributed by atoms with Crippen molar-refractivity contribution in [3.63, 3.8) is 0 Å². The van der Waals surface area contributed by atoms with E-state index in [1.54, 1.807) is 4.90 Å². The van der Waals surface area contributed by atoms with E-state index >= 15 is 0 Å². The molecule has 2 fully saturated rings. The van der Waals surface area contributed by atoms with Gasteiger partial charge in [0.25, 0.3) is 0 Å². The lowest BCUT2D eigenvalue weighted by Crippen LogP contribution is -2.69. The topological polar surface area (TPSA) is 49.4 Å². The van der Waals surface area contributed by atoms with Crippen molar-refractivity contribution in [1.29, 1.82) is 0 Å². The van der Waals surface area contributed by atoms with Crippen molar-refractivity contribution in [3.05, 3.63) is 0 Å². The highest BCUT2D eigenvalue weighted by molar-refractivity contribution is 5.70. The van der Waals surface area contributed by atoms with Crippen LogP contribution in [0.15, 0.2) is 0 Å². The van der Waals surface area contributed by atoms with Gasteiger partial charge in [0.05, 0.1) is 11.6 Å². The lowest BCUT2D eigenvalue weighted by Gasteiger charge is -2.59. The van der Waals surface area contributed by atoms with Crippen molar-refractivity contribution < 1.29 is 14.6 Å². The van der Waals surface area contributed by atoms with Gasteiger partial charge in [0.15, 0.2) is 0 Å². The van der Waals surface area contributed by atoms with Gasteiger partial charge in [-0.25, -0.2) is 9.90 Å². The largest absolute Gasteiger partial charge is 0.444 e. The zero-order chi connectivity index (χ0) is 11.3. The molecule has 0 aromatic carbocycles. The summed E-state index contributed by atoms with van der Waals surface area (Å²) in [4.78, 5) is 13.5. The number of rotatable bonds is 0. The summed E-state index contributed by atoms with van der Waals surface area (Å²) in [6.07, 6.45) is 1.43. The van der Waals surface area contributed by atoms with Crippen LogP contribution in [0.25, 0.3) is 0 Å². The minimum Gasteiger partial charge on any atom is -0.444 e. The van der Waals surface area contributed by atoms with Crippen molar-refractivity contribution in [2.75, 3.05) is 6.54 Å². The van der Waals surface area contributed by atoms with Crippen LogP contribution < -0.4 is 0 Å². The molecule has 0 N–H and O–H groups in total. The molecule has 0 unspecified atom stereocenters. The lowest BCUT2D eigenvalue weighted by atomic mass is 9.66. The van der Waals surface area contributed by atoms with Crippen LogP contribution in [0.5, 0.6) is 0 Å². The molecule has 1 spiro atoms. The lowest BCUT2D eigenvalue weighted by molar-refractivity contribution is -0.147. The quantitative estimate of drug-likeness (QED) is 0.616. The van der Waals surface area contributed by atoms with E-state index in [0.29, 0.717) is 12.8 Å². The molecule has 1 aliphatic carbocycles. The van der Waals surface area contributed by atoms with Gasteiger partial charge in [0.2, 0.25) is 0 Å². The molecule has 1 saturated carbocycles. The normalized spacial score (nSPS) is 34.7. The van der Waals surface area contributed by atoms with Gasteiger partial charge in [-0.05, 0) is 27.2 Å². The van der Waals surface area contributed by atoms with Crippen molar-refractivity contribution in [2.24, 2.45) is 0 Å². The third-order valence-electron chi connectivity index (χ3n) is 3.20. The Balaban J connectivity index is 1.92. The third-order valence-corrected chi connectivity index (χ3v) is 3.20. The van der Waals surface area contributed by atoms with E-state index in [0.717, 1.165) is 13.0 Å². The standard InChI is InChI=1S/C11H18NO3/c1-10(2,3)15-9(14)12-5-4-11(12)6-8(13)7-11/h8H,4-7H2,1-3H3. The highest BCUT2D eigenvalue weighted by atomic mass is 16.6. The molecule has 0 bridgehead atoms. The van der Waals surface area contributed by atoms with Crippen LogP contribution in [-0.2, 0) is 9.84 Å². The number of carbonyl (C=O) groups excluding carboxylic acids is 1. The predicted octanol–water partition coefficient (Wildman–Crippen LogP) is 1.96. The highest BCUT2D eigenvalue weighted by Crippen LogP contribution is 2.47. The predicted molar refractivity (Wildman–Crippen MR) is 54.0 cm³/mol. The van der Waals surface area contributed by atoms with Gasteiger partial charge in [-0.2, -0.15) is 0 Å². The summed E-state index contributed by atoms with van der Waals surface area (Å²) < 4.78 is 5.29. The molecule has 1 saturated heterocycles. The second-order valence-corrected chi connectivity index (χ2v) is 5.64. The van der Waals surface area contributed by atoms with E-state index in [4.69, 9.17) is 4.74 Å². The molecule has 1 amide bonds. The summed E-state index contributed by atoms with van der Waals surface area (Å²) in [6, 6.07) is 0. The molecule has 85 valence electrons. The molecule has 0 aromatic heterocycles. The molecule has 2 rings (SSSR count). The molecule has 4 heteroatoms. The SMILES string of the molecule is CC(C)(C)OC(=O)N1CCC12CC([O])C2. The maximum atomic E-state index is 11.8. The van der Waals surface area contributed by atoms with Crippen LogP contribution in [0.3, 0.4) is 0 Å². The first-order valence-corrected chi connectivity index (χ1v) is 5.49. The smallest absolute Gasteiger partial charge is 0.410 e. The molecule has 4 nitrogen and oxygen atoms in total. The first-order valence-electron chi connectivity index (χ1n) is 5.49. The summed E-state index contributed by atoms with van der Waals surface area (Å²) >= 11 is 0. The fourth-order valence-corrected chi connectivity index (χ4v) is 2.35. The average molecular weight is 212 g/mol. The monoisotopic (exact) mass is 212 g/mol. The molecule has 1 aliphatic heterocycles. The Kier molecular flexibility index (Phi) is 2.23. The number of amides is 1. The minimum absolute atomic E-state index is 0.130. The van der Waals surface area contributed by atoms with E-state index in [9.17, 15) is 9.90 Å². The number of likely N-dealkylation sites (tertiary alicyclic amines) is 1. The van der Waals surface area contributed by atoms with Crippen LogP contribution in [0.1, 0.15) is 40.0 Å². The van der Waals surface area contributed by atoms with Crippen molar-refractivity contribution in [2.45, 2.75) is 57.3 Å². The summed E-state index contributed by atoms with van der Waals surface area (Å²) in [5, 5.41) is 11.1. The third kappa shape index (κ3) is 1.83. The van der Waals surface area contributed by atoms with Crippen LogP contribution in [-0.4, -0.2) is 34.8 Å². The maximum Gasteiger partial charge on any atom is 0.410 e. The van der Waals surface area contributed by atoms with Gasteiger partial charge in [0, 0.05) is 19.4 Å². The second-order valence-electron chi connectivity index (χ2n) is 5.64. The number of carbonyl (C=O) groups is 1. The Morgan fingerprint density at radius 1 is 1.40 bits per heavy atom. The van der Waals surface area contributed by atoms with E-state index in [2.05, 4.69) is 0 Å². The van der Waals surface area contributed by atoms with E-state index in [1.165, 1.54) is 0 Å². The van der Waals surface area contributed by atoms with Crippen LogP contribution in [0.2, 0.25) is 0 Å². The van der Waals surface area contributed by atoms with Gasteiger partial charge in [0.1, 0.15) is 5.60 Å². The van der Waals surface area contributed by atoms with Crippen LogP contribution in [0.4, 0.5) is 4.79 Å².